The molecular formula is C13H22N6O3. The van der Waals surface area contributed by atoms with Crippen LogP contribution >= 0.6 is 0 Å². The largest absolute Gasteiger partial charge is 0.336 e. The van der Waals surface area contributed by atoms with E-state index < -0.39 is 0 Å². The summed E-state index contributed by atoms with van der Waals surface area (Å²) in [6.45, 7) is 6.39. The maximum atomic E-state index is 12.3. The third-order valence-electron chi connectivity index (χ3n) is 4.35. The Balaban J connectivity index is 1.41. The van der Waals surface area contributed by atoms with Crippen LogP contribution in [0.15, 0.2) is 0 Å². The summed E-state index contributed by atoms with van der Waals surface area (Å²) < 4.78 is 0. The van der Waals surface area contributed by atoms with Crippen LogP contribution in [0.5, 0.6) is 0 Å². The Hall–Kier alpha value is -2.19. The van der Waals surface area contributed by atoms with Crippen molar-refractivity contribution in [3.63, 3.8) is 0 Å². The van der Waals surface area contributed by atoms with Gasteiger partial charge in [-0.3, -0.25) is 0 Å². The quantitative estimate of drug-likeness (QED) is 0.644. The molecule has 0 radical (unpaired) electrons. The number of urea groups is 3. The van der Waals surface area contributed by atoms with Gasteiger partial charge in [0.05, 0.1) is 0 Å². The van der Waals surface area contributed by atoms with Crippen molar-refractivity contribution >= 4 is 18.1 Å². The van der Waals surface area contributed by atoms with Gasteiger partial charge in [0.25, 0.3) is 0 Å². The van der Waals surface area contributed by atoms with Crippen molar-refractivity contribution in [2.24, 2.45) is 0 Å². The Labute approximate surface area is 129 Å². The first-order valence-corrected chi connectivity index (χ1v) is 7.74. The summed E-state index contributed by atoms with van der Waals surface area (Å²) >= 11 is 0. The number of nitrogens with zero attached hydrogens (tertiary/aromatic N) is 4. The Morgan fingerprint density at radius 2 is 1.05 bits per heavy atom. The zero-order valence-corrected chi connectivity index (χ0v) is 12.6. The van der Waals surface area contributed by atoms with E-state index in [1.165, 1.54) is 0 Å². The second kappa shape index (κ2) is 6.29. The highest BCUT2D eigenvalue weighted by molar-refractivity contribution is 5.78. The molecule has 0 unspecified atom stereocenters. The predicted octanol–water partition coefficient (Wildman–Crippen LogP) is -1.23. The molecule has 22 heavy (non-hydrogen) atoms. The summed E-state index contributed by atoms with van der Waals surface area (Å²) in [6, 6.07) is -0.105. The molecule has 3 heterocycles. The number of nitrogens with one attached hydrogen (secondary N) is 2. The zero-order chi connectivity index (χ0) is 15.5. The minimum absolute atomic E-state index is 0.000731. The van der Waals surface area contributed by atoms with Gasteiger partial charge in [-0.05, 0) is 0 Å². The van der Waals surface area contributed by atoms with Crippen LogP contribution < -0.4 is 10.6 Å². The van der Waals surface area contributed by atoms with E-state index in [0.717, 1.165) is 0 Å². The molecule has 0 bridgehead atoms. The van der Waals surface area contributed by atoms with Crippen molar-refractivity contribution in [2.75, 3.05) is 65.4 Å². The Kier molecular flexibility index (Phi) is 4.21. The highest BCUT2D eigenvalue weighted by Gasteiger charge is 2.30. The molecule has 6 amide bonds. The normalized spacial score (nSPS) is 21.9. The number of amides is 6. The SMILES string of the molecule is O=C1NCCN1CCN1CCN(CCN2CCNC2=O)C1=O. The lowest BCUT2D eigenvalue weighted by molar-refractivity contribution is 0.179. The van der Waals surface area contributed by atoms with Crippen LogP contribution in [-0.4, -0.2) is 103 Å². The molecule has 3 fully saturated rings. The number of rotatable bonds is 6. The van der Waals surface area contributed by atoms with Crippen molar-refractivity contribution in [1.82, 2.24) is 30.2 Å². The molecule has 0 aromatic carbocycles. The maximum Gasteiger partial charge on any atom is 0.320 e. The van der Waals surface area contributed by atoms with E-state index in [0.29, 0.717) is 65.4 Å². The highest BCUT2D eigenvalue weighted by Crippen LogP contribution is 2.10. The Morgan fingerprint density at radius 1 is 0.636 bits per heavy atom. The predicted molar refractivity (Wildman–Crippen MR) is 78.5 cm³/mol. The molecule has 3 aliphatic rings. The molecule has 3 saturated heterocycles. The minimum atomic E-state index is -0.0523. The average molecular weight is 310 g/mol. The summed E-state index contributed by atoms with van der Waals surface area (Å²) in [5.74, 6) is 0. The van der Waals surface area contributed by atoms with Crippen LogP contribution in [0.25, 0.3) is 0 Å². The molecule has 0 aromatic rings. The molecule has 0 spiro atoms. The number of carbonyl (C=O) groups is 3. The van der Waals surface area contributed by atoms with E-state index in [9.17, 15) is 14.4 Å². The molecular weight excluding hydrogens is 288 g/mol. The second-order valence-corrected chi connectivity index (χ2v) is 5.69. The van der Waals surface area contributed by atoms with Crippen molar-refractivity contribution in [3.8, 4) is 0 Å². The van der Waals surface area contributed by atoms with Crippen molar-refractivity contribution in [3.05, 3.63) is 0 Å². The molecule has 0 saturated carbocycles. The van der Waals surface area contributed by atoms with Gasteiger partial charge in [0, 0.05) is 65.4 Å². The molecule has 122 valence electrons. The van der Waals surface area contributed by atoms with E-state index in [1.54, 1.807) is 19.6 Å². The zero-order valence-electron chi connectivity index (χ0n) is 12.6. The summed E-state index contributed by atoms with van der Waals surface area (Å²) in [6.07, 6.45) is 0. The fourth-order valence-electron chi connectivity index (χ4n) is 2.98. The lowest BCUT2D eigenvalue weighted by Gasteiger charge is -2.22. The van der Waals surface area contributed by atoms with E-state index in [4.69, 9.17) is 0 Å². The van der Waals surface area contributed by atoms with Gasteiger partial charge in [0.2, 0.25) is 0 Å². The fraction of sp³-hybridized carbons (Fsp3) is 0.769. The summed E-state index contributed by atoms with van der Waals surface area (Å²) in [4.78, 5) is 42.2. The molecule has 9 heteroatoms. The Bertz CT molecular complexity index is 431. The van der Waals surface area contributed by atoms with Crippen LogP contribution in [0.1, 0.15) is 0 Å². The lowest BCUT2D eigenvalue weighted by atomic mass is 10.5. The van der Waals surface area contributed by atoms with E-state index in [1.807, 2.05) is 0 Å². The maximum absolute atomic E-state index is 12.3. The summed E-state index contributed by atoms with van der Waals surface area (Å²) in [5, 5.41) is 5.50. The van der Waals surface area contributed by atoms with Gasteiger partial charge in [-0.25, -0.2) is 14.4 Å². The molecule has 0 aliphatic carbocycles. The Morgan fingerprint density at radius 3 is 1.41 bits per heavy atom. The number of hydrogen-bond acceptors (Lipinski definition) is 3. The van der Waals surface area contributed by atoms with Gasteiger partial charge in [0.15, 0.2) is 0 Å². The fourth-order valence-corrected chi connectivity index (χ4v) is 2.98. The van der Waals surface area contributed by atoms with Gasteiger partial charge in [-0.1, -0.05) is 0 Å². The molecule has 3 rings (SSSR count). The van der Waals surface area contributed by atoms with Crippen LogP contribution in [0, 0.1) is 0 Å². The van der Waals surface area contributed by atoms with Crippen molar-refractivity contribution < 1.29 is 14.4 Å². The topological polar surface area (TPSA) is 88.2 Å². The summed E-state index contributed by atoms with van der Waals surface area (Å²) in [7, 11) is 0. The number of hydrogen-bond donors (Lipinski definition) is 2. The standard InChI is InChI=1S/C13H22N6O3/c20-11-14-1-3-16(11)5-7-18-9-10-19(13(18)22)8-6-17-4-2-15-12(17)21/h1-10H2,(H,14,20)(H,15,21). The van der Waals surface area contributed by atoms with Crippen LogP contribution in [0.3, 0.4) is 0 Å². The first kappa shape index (κ1) is 14.7. The van der Waals surface area contributed by atoms with Gasteiger partial charge >= 0.3 is 18.1 Å². The first-order chi connectivity index (χ1) is 10.6. The van der Waals surface area contributed by atoms with E-state index >= 15 is 0 Å². The van der Waals surface area contributed by atoms with Gasteiger partial charge < -0.3 is 30.2 Å². The number of carbonyl (C=O) groups excluding carboxylic acids is 3. The molecule has 3 aliphatic heterocycles. The third kappa shape index (κ3) is 3.02. The van der Waals surface area contributed by atoms with Crippen LogP contribution in [-0.2, 0) is 0 Å². The van der Waals surface area contributed by atoms with E-state index in [-0.39, 0.29) is 18.1 Å². The van der Waals surface area contributed by atoms with E-state index in [2.05, 4.69) is 10.6 Å². The average Bonchev–Trinajstić information content (AvgIpc) is 3.18. The summed E-state index contributed by atoms with van der Waals surface area (Å²) in [5.41, 5.74) is 0. The third-order valence-corrected chi connectivity index (χ3v) is 4.35. The van der Waals surface area contributed by atoms with Crippen LogP contribution in [0.4, 0.5) is 14.4 Å². The van der Waals surface area contributed by atoms with Crippen molar-refractivity contribution in [1.29, 1.82) is 0 Å². The second-order valence-electron chi connectivity index (χ2n) is 5.69. The van der Waals surface area contributed by atoms with Gasteiger partial charge in [-0.2, -0.15) is 0 Å². The molecule has 0 aromatic heterocycles. The van der Waals surface area contributed by atoms with Crippen molar-refractivity contribution in [2.45, 2.75) is 0 Å². The molecule has 0 atom stereocenters. The smallest absolute Gasteiger partial charge is 0.320 e. The van der Waals surface area contributed by atoms with Gasteiger partial charge in [0.1, 0.15) is 0 Å². The minimum Gasteiger partial charge on any atom is -0.336 e. The highest BCUT2D eigenvalue weighted by atomic mass is 16.2. The van der Waals surface area contributed by atoms with Crippen LogP contribution in [0.2, 0.25) is 0 Å². The van der Waals surface area contributed by atoms with Gasteiger partial charge in [-0.15, -0.1) is 0 Å². The molecule has 9 nitrogen and oxygen atoms in total. The lowest BCUT2D eigenvalue weighted by Crippen LogP contribution is -2.41. The monoisotopic (exact) mass is 310 g/mol. The molecule has 2 N–H and O–H groups in total. The first-order valence-electron chi connectivity index (χ1n) is 7.74.